The molecule has 1 saturated heterocycles. The monoisotopic (exact) mass is 501 g/mol. The number of fused-ring (bicyclic) bond motifs is 2. The van der Waals surface area contributed by atoms with Crippen LogP contribution in [0.15, 0.2) is 36.4 Å². The molecule has 9 rings (SSSR count). The van der Waals surface area contributed by atoms with Crippen molar-refractivity contribution in [2.45, 2.75) is 87.6 Å². The Morgan fingerprint density at radius 2 is 2.00 bits per heavy atom. The quantitative estimate of drug-likeness (QED) is 0.614. The smallest absolute Gasteiger partial charge is 0.165 e. The van der Waals surface area contributed by atoms with E-state index in [1.807, 2.05) is 20.1 Å². The van der Waals surface area contributed by atoms with Gasteiger partial charge in [-0.2, -0.15) is 0 Å². The summed E-state index contributed by atoms with van der Waals surface area (Å²) >= 11 is 0. The first kappa shape index (κ1) is 22.9. The van der Waals surface area contributed by atoms with Crippen LogP contribution in [0.2, 0.25) is 0 Å². The molecule has 2 N–H and O–H groups in total. The predicted molar refractivity (Wildman–Crippen MR) is 141 cm³/mol. The van der Waals surface area contributed by atoms with Crippen molar-refractivity contribution in [2.75, 3.05) is 20.2 Å². The number of nitrogens with zero attached hydrogens (tertiary/aromatic N) is 1. The highest BCUT2D eigenvalue weighted by atomic mass is 16.6. The minimum atomic E-state index is -1.06. The first-order chi connectivity index (χ1) is 17.8. The number of benzene rings is 2. The Labute approximate surface area is 219 Å². The molecule has 0 aromatic heterocycles. The van der Waals surface area contributed by atoms with Gasteiger partial charge >= 0.3 is 0 Å². The van der Waals surface area contributed by atoms with Crippen LogP contribution in [0.3, 0.4) is 0 Å². The van der Waals surface area contributed by atoms with Gasteiger partial charge in [0, 0.05) is 42.0 Å². The molecule has 2 heterocycles. The minimum absolute atomic E-state index is 0.00435. The molecule has 2 spiro atoms. The van der Waals surface area contributed by atoms with Crippen molar-refractivity contribution in [1.82, 2.24) is 4.90 Å². The van der Waals surface area contributed by atoms with Crippen LogP contribution in [0, 0.1) is 24.2 Å². The third kappa shape index (κ3) is 2.57. The number of methoxy groups -OCH3 is 1. The van der Waals surface area contributed by atoms with E-state index in [0.717, 1.165) is 55.7 Å². The van der Waals surface area contributed by atoms with Gasteiger partial charge in [-0.3, -0.25) is 4.90 Å². The van der Waals surface area contributed by atoms with Gasteiger partial charge in [-0.05, 0) is 88.4 Å². The number of rotatable bonds is 5. The van der Waals surface area contributed by atoms with Gasteiger partial charge in [0.25, 0.3) is 0 Å². The van der Waals surface area contributed by atoms with E-state index < -0.39 is 11.2 Å². The molecule has 2 aromatic rings. The highest BCUT2D eigenvalue weighted by Gasteiger charge is 2.82. The fraction of sp³-hybridized carbons (Fsp3) is 0.625. The molecule has 5 heteroatoms. The van der Waals surface area contributed by atoms with Crippen LogP contribution in [-0.2, 0) is 22.2 Å². The standard InChI is InChI=1S/C32H39NO4/c1-19-5-4-6-22(15-19)29(2,35)24-17-30-11-12-32(24,36-3)28-31(30)13-14-33(18-20-7-8-20)25(30)16-21-9-10-23(34)27(37-28)26(21)31/h4-6,9-10,15,20,24-25,28,34-35H,7-8,11-14,16-18H2,1-3H3/t24-,25-,28-,29-,30-,31+,32-/m1/s1. The molecule has 5 aliphatic carbocycles. The number of ether oxygens (including phenoxy) is 2. The summed E-state index contributed by atoms with van der Waals surface area (Å²) in [7, 11) is 1.82. The second-order valence-electron chi connectivity index (χ2n) is 13.4. The van der Waals surface area contributed by atoms with Crippen molar-refractivity contribution < 1.29 is 19.7 Å². The lowest BCUT2D eigenvalue weighted by Gasteiger charge is -2.75. The maximum absolute atomic E-state index is 12.5. The summed E-state index contributed by atoms with van der Waals surface area (Å²) in [5, 5.41) is 23.5. The van der Waals surface area contributed by atoms with E-state index in [2.05, 4.69) is 42.2 Å². The summed E-state index contributed by atoms with van der Waals surface area (Å²) < 4.78 is 13.6. The van der Waals surface area contributed by atoms with Crippen LogP contribution in [0.25, 0.3) is 0 Å². The maximum atomic E-state index is 12.5. The third-order valence-electron chi connectivity index (χ3n) is 11.9. The molecular weight excluding hydrogens is 462 g/mol. The van der Waals surface area contributed by atoms with Gasteiger partial charge in [-0.1, -0.05) is 35.9 Å². The van der Waals surface area contributed by atoms with E-state index >= 15 is 0 Å². The van der Waals surface area contributed by atoms with E-state index in [9.17, 15) is 10.2 Å². The first-order valence-electron chi connectivity index (χ1n) is 14.4. The zero-order valence-electron chi connectivity index (χ0n) is 22.3. The maximum Gasteiger partial charge on any atom is 0.165 e. The van der Waals surface area contributed by atoms with Gasteiger partial charge in [0.05, 0.1) is 5.60 Å². The van der Waals surface area contributed by atoms with Crippen LogP contribution in [-0.4, -0.2) is 53.1 Å². The van der Waals surface area contributed by atoms with Crippen LogP contribution < -0.4 is 4.74 Å². The molecule has 2 aliphatic heterocycles. The predicted octanol–water partition coefficient (Wildman–Crippen LogP) is 4.83. The van der Waals surface area contributed by atoms with Gasteiger partial charge in [0.1, 0.15) is 11.7 Å². The Balaban J connectivity index is 1.35. The topological polar surface area (TPSA) is 62.2 Å². The number of hydrogen-bond donors (Lipinski definition) is 2. The van der Waals surface area contributed by atoms with E-state index in [1.165, 1.54) is 30.5 Å². The molecule has 5 fully saturated rings. The molecule has 7 aliphatic rings. The van der Waals surface area contributed by atoms with Crippen LogP contribution in [0.1, 0.15) is 67.7 Å². The summed E-state index contributed by atoms with van der Waals surface area (Å²) in [4.78, 5) is 2.82. The van der Waals surface area contributed by atoms with Gasteiger partial charge in [0.15, 0.2) is 11.5 Å². The summed E-state index contributed by atoms with van der Waals surface area (Å²) in [6, 6.07) is 12.8. The minimum Gasteiger partial charge on any atom is -0.504 e. The molecule has 0 amide bonds. The zero-order chi connectivity index (χ0) is 25.4. The van der Waals surface area contributed by atoms with Gasteiger partial charge in [-0.25, -0.2) is 0 Å². The Kier molecular flexibility index (Phi) is 4.39. The summed E-state index contributed by atoms with van der Waals surface area (Å²) in [6.45, 7) is 6.37. The van der Waals surface area contributed by atoms with Crippen molar-refractivity contribution in [3.63, 3.8) is 0 Å². The molecule has 2 aromatic carbocycles. The highest BCUT2D eigenvalue weighted by Crippen LogP contribution is 2.78. The van der Waals surface area contributed by atoms with E-state index in [0.29, 0.717) is 11.8 Å². The van der Waals surface area contributed by atoms with Crippen LogP contribution in [0.5, 0.6) is 11.5 Å². The number of phenolic OH excluding ortho intramolecular Hbond substituents is 1. The second kappa shape index (κ2) is 7.11. The largest absolute Gasteiger partial charge is 0.504 e. The number of aryl methyl sites for hydroxylation is 1. The molecule has 37 heavy (non-hydrogen) atoms. The second-order valence-corrected chi connectivity index (χ2v) is 13.4. The lowest BCUT2D eigenvalue weighted by Crippen LogP contribution is -2.82. The number of aliphatic hydroxyl groups is 1. The van der Waals surface area contributed by atoms with Crippen molar-refractivity contribution >= 4 is 0 Å². The zero-order valence-corrected chi connectivity index (χ0v) is 22.3. The van der Waals surface area contributed by atoms with Crippen molar-refractivity contribution in [3.8, 4) is 11.5 Å². The number of likely N-dealkylation sites (tertiary alicyclic amines) is 1. The fourth-order valence-corrected chi connectivity index (χ4v) is 10.2. The lowest BCUT2D eigenvalue weighted by atomic mass is 9.33. The first-order valence-corrected chi connectivity index (χ1v) is 14.4. The number of piperidine rings is 1. The van der Waals surface area contributed by atoms with Gasteiger partial charge < -0.3 is 19.7 Å². The Morgan fingerprint density at radius 3 is 2.76 bits per heavy atom. The number of aromatic hydroxyl groups is 1. The number of phenols is 1. The third-order valence-corrected chi connectivity index (χ3v) is 11.9. The Morgan fingerprint density at radius 1 is 1.16 bits per heavy atom. The van der Waals surface area contributed by atoms with Crippen LogP contribution in [0.4, 0.5) is 0 Å². The summed E-state index contributed by atoms with van der Waals surface area (Å²) in [5.41, 5.74) is 2.88. The highest BCUT2D eigenvalue weighted by molar-refractivity contribution is 5.63. The van der Waals surface area contributed by atoms with E-state index in [1.54, 1.807) is 0 Å². The molecule has 4 bridgehead atoms. The average molecular weight is 502 g/mol. The average Bonchev–Trinajstić information content (AvgIpc) is 3.63. The van der Waals surface area contributed by atoms with Gasteiger partial charge in [-0.15, -0.1) is 0 Å². The Bertz CT molecular complexity index is 1300. The molecule has 7 atom stereocenters. The van der Waals surface area contributed by atoms with Gasteiger partial charge in [0.2, 0.25) is 0 Å². The molecular formula is C32H39NO4. The fourth-order valence-electron chi connectivity index (χ4n) is 10.2. The van der Waals surface area contributed by atoms with E-state index in [-0.39, 0.29) is 28.6 Å². The SMILES string of the molecule is CO[C@]12CC[C@@]3(C[C@@H]1[C@](C)(O)c1cccc(C)c1)[C@H]1Cc4ccc(O)c5c4[C@@]3(CCN1CC1CC1)[C@H]2O5. The normalized spacial score (nSPS) is 40.7. The Hall–Kier alpha value is -2.08. The summed E-state index contributed by atoms with van der Waals surface area (Å²) in [5.74, 6) is 1.68. The summed E-state index contributed by atoms with van der Waals surface area (Å²) in [6.07, 6.45) is 7.44. The van der Waals surface area contributed by atoms with E-state index in [4.69, 9.17) is 9.47 Å². The molecule has 0 radical (unpaired) electrons. The van der Waals surface area contributed by atoms with Crippen molar-refractivity contribution in [2.24, 2.45) is 17.3 Å². The lowest BCUT2D eigenvalue weighted by molar-refractivity contribution is -0.304. The molecule has 4 saturated carbocycles. The van der Waals surface area contributed by atoms with Crippen molar-refractivity contribution in [3.05, 3.63) is 58.7 Å². The molecule has 0 unspecified atom stereocenters. The number of hydrogen-bond acceptors (Lipinski definition) is 5. The molecule has 5 nitrogen and oxygen atoms in total. The molecule has 196 valence electrons. The van der Waals surface area contributed by atoms with Crippen molar-refractivity contribution in [1.29, 1.82) is 0 Å². The van der Waals surface area contributed by atoms with Crippen LogP contribution >= 0.6 is 0 Å².